The Morgan fingerprint density at radius 2 is 1.03 bits per heavy atom. The van der Waals surface area contributed by atoms with Crippen molar-refractivity contribution in [2.45, 2.75) is 0 Å². The largest absolute Gasteiger partial charge is 0.329 e. The van der Waals surface area contributed by atoms with E-state index in [9.17, 15) is 19.2 Å². The maximum Gasteiger partial charge on any atom is 0.329 e. The minimum Gasteiger partial charge on any atom is -0.266 e. The Kier molecular flexibility index (Phi) is 5.89. The van der Waals surface area contributed by atoms with E-state index in [0.29, 0.717) is 9.75 Å². The van der Waals surface area contributed by atoms with Crippen molar-refractivity contribution < 1.29 is 19.2 Å². The summed E-state index contributed by atoms with van der Waals surface area (Å²) >= 11 is 2.58. The van der Waals surface area contributed by atoms with Gasteiger partial charge in [-0.15, -0.1) is 22.7 Å². The number of nitrogens with one attached hydrogen (secondary N) is 2. The molecule has 2 aromatic heterocycles. The second kappa shape index (κ2) is 8.77. The first kappa shape index (κ1) is 21.5. The zero-order valence-corrected chi connectivity index (χ0v) is 18.8. The van der Waals surface area contributed by atoms with Gasteiger partial charge in [-0.05, 0) is 35.0 Å². The lowest BCUT2D eigenvalue weighted by Gasteiger charge is -2.20. The van der Waals surface area contributed by atoms with Crippen LogP contribution in [0.4, 0.5) is 0 Å². The number of benzene rings is 2. The van der Waals surface area contributed by atoms with Gasteiger partial charge in [-0.25, -0.2) is 0 Å². The molecular formula is C22H18N4O4S2. The number of nitrogens with zero attached hydrogens (tertiary/aromatic N) is 2. The molecule has 0 saturated carbocycles. The van der Waals surface area contributed by atoms with E-state index < -0.39 is 23.6 Å². The topological polar surface area (TPSA) is 98.8 Å². The molecule has 4 rings (SSSR count). The van der Waals surface area contributed by atoms with Gasteiger partial charge in [0.15, 0.2) is 0 Å². The van der Waals surface area contributed by atoms with E-state index in [2.05, 4.69) is 10.9 Å². The second-order valence-electron chi connectivity index (χ2n) is 6.91. The van der Waals surface area contributed by atoms with Crippen molar-refractivity contribution >= 4 is 66.5 Å². The predicted octanol–water partition coefficient (Wildman–Crippen LogP) is 3.02. The van der Waals surface area contributed by atoms with Crippen molar-refractivity contribution in [2.24, 2.45) is 0 Å². The van der Waals surface area contributed by atoms with Crippen molar-refractivity contribution in [2.75, 3.05) is 14.1 Å². The summed E-state index contributed by atoms with van der Waals surface area (Å²) in [5.74, 6) is -3.06. The summed E-state index contributed by atoms with van der Waals surface area (Å²) in [5.41, 5.74) is 4.46. The van der Waals surface area contributed by atoms with Crippen LogP contribution in [0.15, 0.2) is 60.7 Å². The van der Waals surface area contributed by atoms with Crippen LogP contribution in [0.5, 0.6) is 0 Å². The van der Waals surface area contributed by atoms with Crippen LogP contribution in [0, 0.1) is 0 Å². The lowest BCUT2D eigenvalue weighted by Crippen LogP contribution is -2.53. The zero-order valence-electron chi connectivity index (χ0n) is 17.1. The molecule has 162 valence electrons. The van der Waals surface area contributed by atoms with Crippen molar-refractivity contribution in [1.82, 2.24) is 20.9 Å². The van der Waals surface area contributed by atoms with Gasteiger partial charge in [-0.2, -0.15) is 0 Å². The normalized spacial score (nSPS) is 10.7. The smallest absolute Gasteiger partial charge is 0.266 e. The highest BCUT2D eigenvalue weighted by atomic mass is 32.1. The zero-order chi connectivity index (χ0) is 22.8. The molecule has 32 heavy (non-hydrogen) atoms. The summed E-state index contributed by atoms with van der Waals surface area (Å²) in [5, 5.41) is 3.72. The average molecular weight is 467 g/mol. The quantitative estimate of drug-likeness (QED) is 0.350. The van der Waals surface area contributed by atoms with Gasteiger partial charge in [0.2, 0.25) is 0 Å². The highest BCUT2D eigenvalue weighted by Gasteiger charge is 2.23. The monoisotopic (exact) mass is 466 g/mol. The van der Waals surface area contributed by atoms with Crippen LogP contribution in [-0.4, -0.2) is 47.7 Å². The fourth-order valence-electron chi connectivity index (χ4n) is 3.01. The van der Waals surface area contributed by atoms with Crippen molar-refractivity contribution in [3.8, 4) is 0 Å². The van der Waals surface area contributed by atoms with E-state index in [-0.39, 0.29) is 0 Å². The van der Waals surface area contributed by atoms with E-state index in [1.165, 1.54) is 36.8 Å². The van der Waals surface area contributed by atoms with Crippen LogP contribution in [-0.2, 0) is 9.59 Å². The average Bonchev–Trinajstić information content (AvgIpc) is 3.41. The first-order chi connectivity index (χ1) is 15.3. The second-order valence-corrected chi connectivity index (χ2v) is 9.07. The molecule has 0 unspecified atom stereocenters. The lowest BCUT2D eigenvalue weighted by molar-refractivity contribution is -0.143. The number of hydrogen-bond donors (Lipinski definition) is 2. The van der Waals surface area contributed by atoms with Gasteiger partial charge in [0.1, 0.15) is 0 Å². The maximum atomic E-state index is 12.6. The van der Waals surface area contributed by atoms with Crippen LogP contribution < -0.4 is 10.9 Å². The lowest BCUT2D eigenvalue weighted by atomic mass is 10.2. The molecule has 4 aromatic rings. The van der Waals surface area contributed by atoms with Crippen LogP contribution in [0.2, 0.25) is 0 Å². The Bertz CT molecular complexity index is 1190. The van der Waals surface area contributed by atoms with Gasteiger partial charge < -0.3 is 0 Å². The standard InChI is InChI=1S/C22H18N4O4S2/c1-25(21(29)17-11-13-7-3-5-9-15(13)31-17)23-19(27)20(28)24-26(2)22(30)18-12-14-8-4-6-10-16(14)32-18/h3-12H,1-2H3,(H,23,27)(H,24,28). The van der Waals surface area contributed by atoms with Crippen molar-refractivity contribution in [1.29, 1.82) is 0 Å². The van der Waals surface area contributed by atoms with Gasteiger partial charge in [0, 0.05) is 23.5 Å². The number of fused-ring (bicyclic) bond motifs is 2. The van der Waals surface area contributed by atoms with Crippen LogP contribution in [0.3, 0.4) is 0 Å². The molecule has 0 aliphatic carbocycles. The fourth-order valence-corrected chi connectivity index (χ4v) is 5.09. The van der Waals surface area contributed by atoms with E-state index >= 15 is 0 Å². The summed E-state index contributed by atoms with van der Waals surface area (Å²) in [7, 11) is 2.70. The Morgan fingerprint density at radius 3 is 1.41 bits per heavy atom. The number of amides is 4. The number of hydrazine groups is 2. The number of carbonyl (C=O) groups is 4. The van der Waals surface area contributed by atoms with Crippen LogP contribution in [0.1, 0.15) is 19.3 Å². The molecule has 8 nitrogen and oxygen atoms in total. The fraction of sp³-hybridized carbons (Fsp3) is 0.0909. The van der Waals surface area contributed by atoms with Gasteiger partial charge in [0.05, 0.1) is 9.75 Å². The first-order valence-corrected chi connectivity index (χ1v) is 11.1. The van der Waals surface area contributed by atoms with Gasteiger partial charge in [-0.3, -0.25) is 40.0 Å². The third-order valence-corrected chi connectivity index (χ3v) is 6.83. The Morgan fingerprint density at radius 1 is 0.656 bits per heavy atom. The Balaban J connectivity index is 1.36. The maximum absolute atomic E-state index is 12.6. The molecule has 0 aliphatic heterocycles. The van der Waals surface area contributed by atoms with Gasteiger partial charge in [0.25, 0.3) is 11.8 Å². The minimum atomic E-state index is -1.07. The molecule has 2 heterocycles. The predicted molar refractivity (Wildman–Crippen MR) is 124 cm³/mol. The molecule has 10 heteroatoms. The molecule has 0 fully saturated rings. The molecule has 4 amide bonds. The van der Waals surface area contributed by atoms with E-state index in [1.807, 2.05) is 48.5 Å². The van der Waals surface area contributed by atoms with Crippen molar-refractivity contribution in [3.05, 3.63) is 70.4 Å². The van der Waals surface area contributed by atoms with E-state index in [4.69, 9.17) is 0 Å². The molecule has 0 atom stereocenters. The molecule has 2 aromatic carbocycles. The van der Waals surface area contributed by atoms with Gasteiger partial charge >= 0.3 is 11.8 Å². The third-order valence-electron chi connectivity index (χ3n) is 4.63. The summed E-state index contributed by atoms with van der Waals surface area (Å²) in [6.45, 7) is 0. The Hall–Kier alpha value is -3.76. The molecule has 0 saturated heterocycles. The third kappa shape index (κ3) is 4.32. The molecular weight excluding hydrogens is 448 g/mol. The van der Waals surface area contributed by atoms with Crippen LogP contribution >= 0.6 is 22.7 Å². The molecule has 0 spiro atoms. The highest BCUT2D eigenvalue weighted by Crippen LogP contribution is 2.26. The number of rotatable bonds is 2. The summed E-state index contributed by atoms with van der Waals surface area (Å²) in [4.78, 5) is 50.5. The Labute approximate surface area is 191 Å². The van der Waals surface area contributed by atoms with Crippen LogP contribution in [0.25, 0.3) is 20.2 Å². The number of carbonyl (C=O) groups excluding carboxylic acids is 4. The SMILES string of the molecule is CN(NC(=O)C(=O)NN(C)C(=O)c1cc2ccccc2s1)C(=O)c1cc2ccccc2s1. The van der Waals surface area contributed by atoms with Gasteiger partial charge in [-0.1, -0.05) is 36.4 Å². The molecule has 0 aliphatic rings. The molecule has 0 radical (unpaired) electrons. The highest BCUT2D eigenvalue weighted by molar-refractivity contribution is 7.21. The minimum absolute atomic E-state index is 0.423. The summed E-state index contributed by atoms with van der Waals surface area (Å²) < 4.78 is 1.88. The number of hydrogen-bond acceptors (Lipinski definition) is 6. The summed E-state index contributed by atoms with van der Waals surface area (Å²) in [6, 6.07) is 18.5. The molecule has 0 bridgehead atoms. The van der Waals surface area contributed by atoms with E-state index in [1.54, 1.807) is 12.1 Å². The first-order valence-electron chi connectivity index (χ1n) is 9.48. The van der Waals surface area contributed by atoms with Crippen molar-refractivity contribution in [3.63, 3.8) is 0 Å². The number of thiophene rings is 2. The molecule has 2 N–H and O–H groups in total. The summed E-state index contributed by atoms with van der Waals surface area (Å²) in [6.07, 6.45) is 0. The van der Waals surface area contributed by atoms with E-state index in [0.717, 1.165) is 30.2 Å².